The van der Waals surface area contributed by atoms with E-state index in [4.69, 9.17) is 0 Å². The fourth-order valence-electron chi connectivity index (χ4n) is 5.90. The van der Waals surface area contributed by atoms with Gasteiger partial charge in [-0.15, -0.1) is 0 Å². The third-order valence-corrected chi connectivity index (χ3v) is 6.44. The normalized spacial score (nSPS) is 48.9. The van der Waals surface area contributed by atoms with E-state index in [2.05, 4.69) is 22.6 Å². The summed E-state index contributed by atoms with van der Waals surface area (Å²) >= 11 is 0. The van der Waals surface area contributed by atoms with E-state index >= 15 is 0 Å². The molecule has 3 heteroatoms. The Morgan fingerprint density at radius 3 is 2.16 bits per heavy atom. The van der Waals surface area contributed by atoms with Gasteiger partial charge in [0.25, 0.3) is 0 Å². The highest BCUT2D eigenvalue weighted by Crippen LogP contribution is 2.57. The molecular weight excluding hydrogens is 234 g/mol. The maximum Gasteiger partial charge on any atom is 0.0320 e. The molecule has 3 nitrogen and oxygen atoms in total. The fraction of sp³-hybridized carbons (Fsp3) is 1.00. The van der Waals surface area contributed by atoms with Gasteiger partial charge in [0.1, 0.15) is 0 Å². The Balaban J connectivity index is 1.45. The highest BCUT2D eigenvalue weighted by Gasteiger charge is 2.52. The van der Waals surface area contributed by atoms with Crippen LogP contribution in [0.25, 0.3) is 0 Å². The molecule has 4 aliphatic carbocycles. The van der Waals surface area contributed by atoms with Crippen molar-refractivity contribution in [3.63, 3.8) is 0 Å². The van der Waals surface area contributed by atoms with Gasteiger partial charge in [-0.25, -0.2) is 0 Å². The van der Waals surface area contributed by atoms with E-state index in [0.29, 0.717) is 11.6 Å². The highest BCUT2D eigenvalue weighted by atomic mass is 15.2. The average molecular weight is 263 g/mol. The quantitative estimate of drug-likeness (QED) is 0.807. The Bertz CT molecular complexity index is 300. The van der Waals surface area contributed by atoms with E-state index in [-0.39, 0.29) is 0 Å². The first-order valence-electron chi connectivity index (χ1n) is 8.39. The van der Waals surface area contributed by atoms with E-state index in [1.807, 2.05) is 0 Å². The first-order chi connectivity index (χ1) is 9.23. The molecule has 0 aromatic carbocycles. The average Bonchev–Trinajstić information content (AvgIpc) is 2.38. The number of rotatable bonds is 3. The lowest BCUT2D eigenvalue weighted by atomic mass is 9.52. The second-order valence-electron chi connectivity index (χ2n) is 7.88. The van der Waals surface area contributed by atoms with Gasteiger partial charge in [0, 0.05) is 37.8 Å². The number of hydrogen-bond donors (Lipinski definition) is 2. The lowest BCUT2D eigenvalue weighted by Crippen LogP contribution is -2.62. The summed E-state index contributed by atoms with van der Waals surface area (Å²) in [5, 5.41) is 7.20. The van der Waals surface area contributed by atoms with Crippen LogP contribution in [0.5, 0.6) is 0 Å². The van der Waals surface area contributed by atoms with Gasteiger partial charge in [0.2, 0.25) is 0 Å². The topological polar surface area (TPSA) is 27.3 Å². The summed E-state index contributed by atoms with van der Waals surface area (Å²) in [6.45, 7) is 4.66. The van der Waals surface area contributed by atoms with Crippen molar-refractivity contribution in [2.75, 3.05) is 33.2 Å². The second kappa shape index (κ2) is 4.71. The molecule has 5 aliphatic rings. The molecule has 0 aromatic rings. The smallest absolute Gasteiger partial charge is 0.0320 e. The van der Waals surface area contributed by atoms with Crippen LogP contribution in [0.15, 0.2) is 0 Å². The summed E-state index contributed by atoms with van der Waals surface area (Å²) in [6.07, 6.45) is 9.14. The molecule has 4 saturated carbocycles. The highest BCUT2D eigenvalue weighted by molar-refractivity contribution is 5.07. The molecule has 5 fully saturated rings. The Hall–Kier alpha value is -0.120. The van der Waals surface area contributed by atoms with Crippen LogP contribution >= 0.6 is 0 Å². The molecule has 0 spiro atoms. The molecule has 19 heavy (non-hydrogen) atoms. The number of piperazine rings is 1. The van der Waals surface area contributed by atoms with Gasteiger partial charge in [-0.1, -0.05) is 0 Å². The fourth-order valence-corrected chi connectivity index (χ4v) is 5.90. The van der Waals surface area contributed by atoms with Gasteiger partial charge in [0.05, 0.1) is 0 Å². The minimum absolute atomic E-state index is 0.577. The minimum Gasteiger partial charge on any atom is -0.314 e. The van der Waals surface area contributed by atoms with Crippen LogP contribution in [-0.4, -0.2) is 49.7 Å². The van der Waals surface area contributed by atoms with Crippen LogP contribution in [0.3, 0.4) is 0 Å². The number of likely N-dealkylation sites (N-methyl/N-ethyl adjacent to an activating group) is 1. The molecule has 1 unspecified atom stereocenters. The van der Waals surface area contributed by atoms with Crippen LogP contribution < -0.4 is 10.6 Å². The van der Waals surface area contributed by atoms with E-state index in [0.717, 1.165) is 37.4 Å². The van der Waals surface area contributed by atoms with E-state index in [9.17, 15) is 0 Å². The van der Waals surface area contributed by atoms with Crippen LogP contribution in [0.4, 0.5) is 0 Å². The van der Waals surface area contributed by atoms with Gasteiger partial charge in [0.15, 0.2) is 0 Å². The molecule has 1 saturated heterocycles. The van der Waals surface area contributed by atoms with Crippen LogP contribution in [0, 0.1) is 17.8 Å². The third kappa shape index (κ3) is 2.24. The molecule has 2 N–H and O–H groups in total. The van der Waals surface area contributed by atoms with Crippen molar-refractivity contribution >= 4 is 0 Å². The zero-order valence-corrected chi connectivity index (χ0v) is 12.3. The maximum atomic E-state index is 3.68. The summed E-state index contributed by atoms with van der Waals surface area (Å²) in [4.78, 5) is 2.75. The SMILES string of the molecule is CN(CC1CNCCN1)C12CC3CC(CC(C3)C1)C2. The third-order valence-electron chi connectivity index (χ3n) is 6.44. The number of nitrogens with zero attached hydrogens (tertiary/aromatic N) is 1. The lowest BCUT2D eigenvalue weighted by Gasteiger charge is -2.60. The van der Waals surface area contributed by atoms with Crippen molar-refractivity contribution in [2.45, 2.75) is 50.1 Å². The molecule has 1 heterocycles. The lowest BCUT2D eigenvalue weighted by molar-refractivity contribution is -0.0815. The zero-order chi connectivity index (χ0) is 12.9. The Labute approximate surface area is 117 Å². The largest absolute Gasteiger partial charge is 0.314 e. The predicted molar refractivity (Wildman–Crippen MR) is 78.2 cm³/mol. The van der Waals surface area contributed by atoms with Crippen molar-refractivity contribution in [3.05, 3.63) is 0 Å². The monoisotopic (exact) mass is 263 g/mol. The van der Waals surface area contributed by atoms with Gasteiger partial charge in [-0.05, 0) is 63.3 Å². The van der Waals surface area contributed by atoms with Crippen molar-refractivity contribution < 1.29 is 0 Å². The van der Waals surface area contributed by atoms with Crippen molar-refractivity contribution in [1.29, 1.82) is 0 Å². The van der Waals surface area contributed by atoms with E-state index in [1.165, 1.54) is 25.8 Å². The minimum atomic E-state index is 0.577. The van der Waals surface area contributed by atoms with Gasteiger partial charge < -0.3 is 10.6 Å². The first-order valence-corrected chi connectivity index (χ1v) is 8.39. The second-order valence-corrected chi connectivity index (χ2v) is 7.88. The summed E-state index contributed by atoms with van der Waals surface area (Å²) in [7, 11) is 2.41. The molecule has 0 aromatic heterocycles. The van der Waals surface area contributed by atoms with E-state index in [1.54, 1.807) is 19.3 Å². The van der Waals surface area contributed by atoms with Crippen LogP contribution in [-0.2, 0) is 0 Å². The maximum absolute atomic E-state index is 3.68. The number of nitrogens with one attached hydrogen (secondary N) is 2. The predicted octanol–water partition coefficient (Wildman–Crippen LogP) is 1.45. The molecule has 5 rings (SSSR count). The standard InChI is InChI=1S/C16H29N3/c1-19(11-15-10-17-2-3-18-15)16-7-12-4-13(8-16)6-14(5-12)9-16/h12-15,17-18H,2-11H2,1H3. The summed E-state index contributed by atoms with van der Waals surface area (Å²) in [6, 6.07) is 0.659. The van der Waals surface area contributed by atoms with Gasteiger partial charge >= 0.3 is 0 Å². The molecular formula is C16H29N3. The van der Waals surface area contributed by atoms with Crippen molar-refractivity contribution in [3.8, 4) is 0 Å². The van der Waals surface area contributed by atoms with Gasteiger partial charge in [-0.3, -0.25) is 4.90 Å². The first kappa shape index (κ1) is 12.6. The van der Waals surface area contributed by atoms with Gasteiger partial charge in [-0.2, -0.15) is 0 Å². The van der Waals surface area contributed by atoms with Crippen LogP contribution in [0.1, 0.15) is 38.5 Å². The molecule has 1 aliphatic heterocycles. The molecule has 4 bridgehead atoms. The Kier molecular flexibility index (Phi) is 3.13. The van der Waals surface area contributed by atoms with Crippen molar-refractivity contribution in [1.82, 2.24) is 15.5 Å². The summed E-state index contributed by atoms with van der Waals surface area (Å²) < 4.78 is 0. The number of hydrogen-bond acceptors (Lipinski definition) is 3. The molecule has 108 valence electrons. The summed E-state index contributed by atoms with van der Waals surface area (Å²) in [5.41, 5.74) is 0.577. The van der Waals surface area contributed by atoms with E-state index < -0.39 is 0 Å². The van der Waals surface area contributed by atoms with Crippen molar-refractivity contribution in [2.24, 2.45) is 17.8 Å². The molecule has 1 atom stereocenters. The Morgan fingerprint density at radius 2 is 1.63 bits per heavy atom. The summed E-state index contributed by atoms with van der Waals surface area (Å²) in [5.74, 6) is 3.18. The zero-order valence-electron chi connectivity index (χ0n) is 12.3. The Morgan fingerprint density at radius 1 is 1.00 bits per heavy atom. The van der Waals surface area contributed by atoms with Crippen LogP contribution in [0.2, 0.25) is 0 Å². The molecule has 0 amide bonds. The molecule has 0 radical (unpaired) electrons.